The van der Waals surface area contributed by atoms with Gasteiger partial charge in [-0.1, -0.05) is 31.8 Å². The molecule has 0 saturated heterocycles. The van der Waals surface area contributed by atoms with Crippen molar-refractivity contribution in [3.63, 3.8) is 0 Å². The van der Waals surface area contributed by atoms with E-state index in [1.807, 2.05) is 13.8 Å². The molecule has 0 unspecified atom stereocenters. The lowest BCUT2D eigenvalue weighted by atomic mass is 10.1. The van der Waals surface area contributed by atoms with Crippen LogP contribution in [0, 0.1) is 6.92 Å². The van der Waals surface area contributed by atoms with Crippen molar-refractivity contribution in [2.45, 2.75) is 58.5 Å². The largest absolute Gasteiger partial charge is 0.360 e. The zero-order valence-electron chi connectivity index (χ0n) is 11.2. The van der Waals surface area contributed by atoms with Crippen LogP contribution in [0.15, 0.2) is 4.52 Å². The average Bonchev–Trinajstić information content (AvgIpc) is 2.94. The number of hydrogen-bond acceptors (Lipinski definition) is 4. The Morgan fingerprint density at radius 2 is 2.11 bits per heavy atom. The SMILES string of the molecule is Cc1noc(C(C)C)c1C(=O)NOC1CCCC1. The predicted molar refractivity (Wildman–Crippen MR) is 66.1 cm³/mol. The molecule has 0 radical (unpaired) electrons. The van der Waals surface area contributed by atoms with Gasteiger partial charge in [0.25, 0.3) is 5.91 Å². The van der Waals surface area contributed by atoms with Gasteiger partial charge in [0.1, 0.15) is 5.56 Å². The smallest absolute Gasteiger partial charge is 0.280 e. The third-order valence-corrected chi connectivity index (χ3v) is 3.26. The fourth-order valence-corrected chi connectivity index (χ4v) is 2.25. The molecule has 1 aromatic rings. The number of nitrogens with one attached hydrogen (secondary N) is 1. The fraction of sp³-hybridized carbons (Fsp3) is 0.692. The van der Waals surface area contributed by atoms with Crippen LogP contribution < -0.4 is 5.48 Å². The van der Waals surface area contributed by atoms with Gasteiger partial charge in [-0.05, 0) is 19.8 Å². The Balaban J connectivity index is 2.01. The number of nitrogens with zero attached hydrogens (tertiary/aromatic N) is 1. The summed E-state index contributed by atoms with van der Waals surface area (Å²) in [7, 11) is 0. The fourth-order valence-electron chi connectivity index (χ4n) is 2.25. The van der Waals surface area contributed by atoms with Crippen LogP contribution in [0.3, 0.4) is 0 Å². The predicted octanol–water partition coefficient (Wildman–Crippen LogP) is 2.71. The van der Waals surface area contributed by atoms with E-state index < -0.39 is 0 Å². The van der Waals surface area contributed by atoms with E-state index in [2.05, 4.69) is 10.6 Å². The Labute approximate surface area is 107 Å². The number of carbonyl (C=O) groups excluding carboxylic acids is 1. The van der Waals surface area contributed by atoms with Gasteiger partial charge in [0.15, 0.2) is 5.76 Å². The molecule has 1 N–H and O–H groups in total. The first-order valence-corrected chi connectivity index (χ1v) is 6.51. The number of aryl methyl sites for hydroxylation is 1. The van der Waals surface area contributed by atoms with Gasteiger partial charge in [-0.15, -0.1) is 0 Å². The van der Waals surface area contributed by atoms with Crippen LogP contribution >= 0.6 is 0 Å². The standard InChI is InChI=1S/C13H20N2O3/c1-8(2)12-11(9(3)14-18-12)13(16)15-17-10-6-4-5-7-10/h8,10H,4-7H2,1-3H3,(H,15,16). The number of amides is 1. The normalized spacial score (nSPS) is 16.4. The molecule has 1 aliphatic carbocycles. The molecule has 0 atom stereocenters. The van der Waals surface area contributed by atoms with Gasteiger partial charge in [0.05, 0.1) is 11.8 Å². The average molecular weight is 252 g/mol. The van der Waals surface area contributed by atoms with Gasteiger partial charge in [-0.25, -0.2) is 5.48 Å². The van der Waals surface area contributed by atoms with Crippen LogP contribution in [-0.2, 0) is 4.84 Å². The van der Waals surface area contributed by atoms with E-state index in [1.165, 1.54) is 12.8 Å². The molecule has 1 fully saturated rings. The van der Waals surface area contributed by atoms with E-state index in [4.69, 9.17) is 9.36 Å². The molecule has 1 aromatic heterocycles. The molecule has 5 heteroatoms. The summed E-state index contributed by atoms with van der Waals surface area (Å²) in [5.74, 6) is 0.475. The molecule has 1 saturated carbocycles. The minimum atomic E-state index is -0.260. The summed E-state index contributed by atoms with van der Waals surface area (Å²) in [5, 5.41) is 3.85. The Bertz CT molecular complexity index is 420. The van der Waals surface area contributed by atoms with E-state index >= 15 is 0 Å². The van der Waals surface area contributed by atoms with Crippen molar-refractivity contribution in [2.75, 3.05) is 0 Å². The number of hydrogen-bond donors (Lipinski definition) is 1. The molecule has 1 heterocycles. The topological polar surface area (TPSA) is 64.4 Å². The second-order valence-electron chi connectivity index (χ2n) is 5.12. The molecule has 1 aliphatic rings. The molecule has 100 valence electrons. The molecule has 18 heavy (non-hydrogen) atoms. The monoisotopic (exact) mass is 252 g/mol. The van der Waals surface area contributed by atoms with E-state index in [0.717, 1.165) is 12.8 Å². The summed E-state index contributed by atoms with van der Waals surface area (Å²) < 4.78 is 5.18. The van der Waals surface area contributed by atoms with Crippen molar-refractivity contribution in [1.82, 2.24) is 10.6 Å². The quantitative estimate of drug-likeness (QED) is 0.837. The summed E-state index contributed by atoms with van der Waals surface area (Å²) in [4.78, 5) is 17.5. The highest BCUT2D eigenvalue weighted by atomic mass is 16.7. The highest BCUT2D eigenvalue weighted by Crippen LogP contribution is 2.23. The molecule has 1 amide bonds. The van der Waals surface area contributed by atoms with Crippen molar-refractivity contribution in [2.24, 2.45) is 0 Å². The maximum atomic E-state index is 12.1. The molecule has 0 aromatic carbocycles. The molecule has 5 nitrogen and oxygen atoms in total. The van der Waals surface area contributed by atoms with Crippen LogP contribution in [0.25, 0.3) is 0 Å². The number of rotatable bonds is 4. The summed E-state index contributed by atoms with van der Waals surface area (Å²) in [6.45, 7) is 5.70. The van der Waals surface area contributed by atoms with Crippen LogP contribution in [0.4, 0.5) is 0 Å². The van der Waals surface area contributed by atoms with Gasteiger partial charge >= 0.3 is 0 Å². The lowest BCUT2D eigenvalue weighted by Gasteiger charge is -2.11. The first-order chi connectivity index (χ1) is 8.59. The van der Waals surface area contributed by atoms with E-state index in [-0.39, 0.29) is 17.9 Å². The summed E-state index contributed by atoms with van der Waals surface area (Å²) in [6, 6.07) is 0. The van der Waals surface area contributed by atoms with Crippen LogP contribution in [0.1, 0.15) is 67.3 Å². The van der Waals surface area contributed by atoms with Gasteiger partial charge in [0, 0.05) is 5.92 Å². The Morgan fingerprint density at radius 3 is 2.72 bits per heavy atom. The zero-order chi connectivity index (χ0) is 13.1. The lowest BCUT2D eigenvalue weighted by Crippen LogP contribution is -2.29. The van der Waals surface area contributed by atoms with Crippen molar-refractivity contribution in [3.8, 4) is 0 Å². The van der Waals surface area contributed by atoms with Crippen molar-refractivity contribution < 1.29 is 14.2 Å². The van der Waals surface area contributed by atoms with E-state index in [9.17, 15) is 4.79 Å². The summed E-state index contributed by atoms with van der Waals surface area (Å²) in [6.07, 6.45) is 4.52. The first-order valence-electron chi connectivity index (χ1n) is 6.51. The van der Waals surface area contributed by atoms with Gasteiger partial charge in [-0.2, -0.15) is 0 Å². The number of hydroxylamine groups is 1. The summed E-state index contributed by atoms with van der Waals surface area (Å²) in [5.41, 5.74) is 3.63. The lowest BCUT2D eigenvalue weighted by molar-refractivity contribution is -0.0126. The third kappa shape index (κ3) is 2.72. The Kier molecular flexibility index (Phi) is 4.01. The maximum absolute atomic E-state index is 12.1. The van der Waals surface area contributed by atoms with Gasteiger partial charge in [-0.3, -0.25) is 9.63 Å². The number of aromatic nitrogens is 1. The molecule has 0 bridgehead atoms. The third-order valence-electron chi connectivity index (χ3n) is 3.26. The van der Waals surface area contributed by atoms with Crippen molar-refractivity contribution in [3.05, 3.63) is 17.0 Å². The second kappa shape index (κ2) is 5.52. The Morgan fingerprint density at radius 1 is 1.44 bits per heavy atom. The zero-order valence-corrected chi connectivity index (χ0v) is 11.2. The second-order valence-corrected chi connectivity index (χ2v) is 5.12. The van der Waals surface area contributed by atoms with Crippen LogP contribution in [0.5, 0.6) is 0 Å². The van der Waals surface area contributed by atoms with Crippen LogP contribution in [-0.4, -0.2) is 17.2 Å². The van der Waals surface area contributed by atoms with E-state index in [0.29, 0.717) is 17.0 Å². The molecule has 0 aliphatic heterocycles. The highest BCUT2D eigenvalue weighted by molar-refractivity contribution is 5.95. The molecular weight excluding hydrogens is 232 g/mol. The van der Waals surface area contributed by atoms with Crippen molar-refractivity contribution >= 4 is 5.91 Å². The molecule has 2 rings (SSSR count). The first kappa shape index (κ1) is 13.1. The Hall–Kier alpha value is -1.36. The van der Waals surface area contributed by atoms with Gasteiger partial charge in [0.2, 0.25) is 0 Å². The maximum Gasteiger partial charge on any atom is 0.280 e. The van der Waals surface area contributed by atoms with Crippen molar-refractivity contribution in [1.29, 1.82) is 0 Å². The minimum absolute atomic E-state index is 0.124. The molecule has 0 spiro atoms. The highest BCUT2D eigenvalue weighted by Gasteiger charge is 2.24. The van der Waals surface area contributed by atoms with Crippen LogP contribution in [0.2, 0.25) is 0 Å². The van der Waals surface area contributed by atoms with E-state index in [1.54, 1.807) is 6.92 Å². The van der Waals surface area contributed by atoms with Gasteiger partial charge < -0.3 is 4.52 Å². The number of carbonyl (C=O) groups is 1. The summed E-state index contributed by atoms with van der Waals surface area (Å²) >= 11 is 0. The minimum Gasteiger partial charge on any atom is -0.360 e. The molecular formula is C13H20N2O3.